The Balaban J connectivity index is 1.33. The van der Waals surface area contributed by atoms with Crippen LogP contribution in [0, 0.1) is 0 Å². The second kappa shape index (κ2) is 10.2. The fourth-order valence-corrected chi connectivity index (χ4v) is 6.58. The molecular formula is C26H36N4O2S. The minimum atomic E-state index is 0.123. The number of aryl methyl sites for hydroxylation is 1. The predicted molar refractivity (Wildman–Crippen MR) is 133 cm³/mol. The van der Waals surface area contributed by atoms with Crippen molar-refractivity contribution in [2.24, 2.45) is 0 Å². The number of amides is 1. The fourth-order valence-electron chi connectivity index (χ4n) is 5.67. The molecule has 0 unspecified atom stereocenters. The van der Waals surface area contributed by atoms with Gasteiger partial charge in [-0.15, -0.1) is 0 Å². The molecule has 0 saturated carbocycles. The summed E-state index contributed by atoms with van der Waals surface area (Å²) in [4.78, 5) is 15.4. The van der Waals surface area contributed by atoms with Crippen LogP contribution in [0.4, 0.5) is 0 Å². The first-order valence-corrected chi connectivity index (χ1v) is 13.7. The summed E-state index contributed by atoms with van der Waals surface area (Å²) < 4.78 is 7.79. The zero-order chi connectivity index (χ0) is 22.7. The molecule has 2 fully saturated rings. The van der Waals surface area contributed by atoms with E-state index in [0.717, 1.165) is 83.0 Å². The molecule has 1 aliphatic carbocycles. The Morgan fingerprint density at radius 3 is 2.70 bits per heavy atom. The zero-order valence-electron chi connectivity index (χ0n) is 19.7. The average molecular weight is 469 g/mol. The molecule has 1 N–H and O–H groups in total. The molecule has 6 nitrogen and oxygen atoms in total. The molecule has 1 aromatic carbocycles. The maximum atomic E-state index is 13.4. The molecule has 1 aromatic heterocycles. The van der Waals surface area contributed by atoms with Crippen molar-refractivity contribution in [1.82, 2.24) is 20.0 Å². The summed E-state index contributed by atoms with van der Waals surface area (Å²) in [6.07, 6.45) is 5.06. The normalized spacial score (nSPS) is 22.7. The molecule has 0 bridgehead atoms. The first kappa shape index (κ1) is 22.9. The van der Waals surface area contributed by atoms with E-state index >= 15 is 0 Å². The minimum Gasteiger partial charge on any atom is -0.381 e. The highest BCUT2D eigenvalue weighted by molar-refractivity contribution is 7.99. The van der Waals surface area contributed by atoms with Gasteiger partial charge >= 0.3 is 0 Å². The number of nitrogens with zero attached hydrogens (tertiary/aromatic N) is 3. The summed E-state index contributed by atoms with van der Waals surface area (Å²) in [5.41, 5.74) is 4.69. The van der Waals surface area contributed by atoms with Crippen LogP contribution in [0.5, 0.6) is 0 Å². The van der Waals surface area contributed by atoms with Crippen LogP contribution >= 0.6 is 11.8 Å². The van der Waals surface area contributed by atoms with Gasteiger partial charge in [0.2, 0.25) is 0 Å². The molecule has 1 amide bonds. The molecule has 2 saturated heterocycles. The number of hydrogen-bond donors (Lipinski definition) is 1. The average Bonchev–Trinajstić information content (AvgIpc) is 3.26. The number of rotatable bonds is 6. The smallest absolute Gasteiger partial charge is 0.274 e. The molecular weight excluding hydrogens is 432 g/mol. The van der Waals surface area contributed by atoms with Crippen molar-refractivity contribution >= 4 is 17.7 Å². The van der Waals surface area contributed by atoms with Gasteiger partial charge in [-0.1, -0.05) is 30.3 Å². The van der Waals surface area contributed by atoms with Gasteiger partial charge in [0.05, 0.1) is 0 Å². The summed E-state index contributed by atoms with van der Waals surface area (Å²) in [7, 11) is 0. The van der Waals surface area contributed by atoms with Gasteiger partial charge < -0.3 is 15.0 Å². The number of carbonyl (C=O) groups is 1. The maximum Gasteiger partial charge on any atom is 0.274 e. The molecule has 0 spiro atoms. The predicted octanol–water partition coefficient (Wildman–Crippen LogP) is 3.29. The van der Waals surface area contributed by atoms with Gasteiger partial charge in [0, 0.05) is 73.6 Å². The Bertz CT molecular complexity index is 949. The molecule has 7 heteroatoms. The van der Waals surface area contributed by atoms with Gasteiger partial charge in [-0.05, 0) is 44.6 Å². The lowest BCUT2D eigenvalue weighted by atomic mass is 9.73. The van der Waals surface area contributed by atoms with Gasteiger partial charge in [-0.25, -0.2) is 0 Å². The number of benzene rings is 1. The summed E-state index contributed by atoms with van der Waals surface area (Å²) in [5.74, 6) is 2.18. The van der Waals surface area contributed by atoms with Gasteiger partial charge in [0.25, 0.3) is 5.91 Å². The Labute approximate surface area is 201 Å². The van der Waals surface area contributed by atoms with E-state index in [0.29, 0.717) is 11.7 Å². The third-order valence-corrected chi connectivity index (χ3v) is 8.65. The Morgan fingerprint density at radius 1 is 1.21 bits per heavy atom. The lowest BCUT2D eigenvalue weighted by Gasteiger charge is -2.39. The second-order valence-electron chi connectivity index (χ2n) is 9.57. The molecule has 2 aromatic rings. The molecule has 178 valence electrons. The number of fused-ring (bicyclic) bond motifs is 1. The SMILES string of the molecule is CCn1nc(C(=O)N2CCSCC2)c2c1CC[C@@H](NCC1(c3ccccc3)CCOCC1)C2. The van der Waals surface area contributed by atoms with Gasteiger partial charge in [-0.3, -0.25) is 9.48 Å². The van der Waals surface area contributed by atoms with Crippen LogP contribution in [0.2, 0.25) is 0 Å². The van der Waals surface area contributed by atoms with Crippen molar-refractivity contribution in [1.29, 1.82) is 0 Å². The number of nitrogens with one attached hydrogen (secondary N) is 1. The molecule has 1 atom stereocenters. The summed E-state index contributed by atoms with van der Waals surface area (Å²) in [5, 5.41) is 8.73. The third kappa shape index (κ3) is 4.73. The van der Waals surface area contributed by atoms with E-state index in [4.69, 9.17) is 9.84 Å². The fraction of sp³-hybridized carbons (Fsp3) is 0.615. The van der Waals surface area contributed by atoms with E-state index in [2.05, 4.69) is 47.3 Å². The van der Waals surface area contributed by atoms with Gasteiger partial charge in [0.15, 0.2) is 5.69 Å². The molecule has 3 heterocycles. The minimum absolute atomic E-state index is 0.123. The standard InChI is InChI=1S/C26H36N4O2S/c1-2-30-23-9-8-21(18-22(23)24(28-30)25(31)29-12-16-33-17-13-29)27-19-26(10-14-32-15-11-26)20-6-4-3-5-7-20/h3-7,21,27H,2,8-19H2,1H3/t21-/m1/s1. The Hall–Kier alpha value is -1.83. The van der Waals surface area contributed by atoms with Crippen molar-refractivity contribution in [3.8, 4) is 0 Å². The summed E-state index contributed by atoms with van der Waals surface area (Å²) >= 11 is 1.93. The van der Waals surface area contributed by atoms with Crippen molar-refractivity contribution in [2.75, 3.05) is 44.4 Å². The Morgan fingerprint density at radius 2 is 1.97 bits per heavy atom. The number of hydrogen-bond acceptors (Lipinski definition) is 5. The van der Waals surface area contributed by atoms with E-state index in [1.165, 1.54) is 16.8 Å². The first-order valence-electron chi connectivity index (χ1n) is 12.5. The Kier molecular flexibility index (Phi) is 7.09. The molecule has 0 radical (unpaired) electrons. The van der Waals surface area contributed by atoms with Crippen molar-refractivity contribution in [2.45, 2.75) is 57.0 Å². The van der Waals surface area contributed by atoms with Crippen molar-refractivity contribution in [3.63, 3.8) is 0 Å². The largest absolute Gasteiger partial charge is 0.381 e. The highest BCUT2D eigenvalue weighted by Crippen LogP contribution is 2.35. The summed E-state index contributed by atoms with van der Waals surface area (Å²) in [6.45, 7) is 7.21. The van der Waals surface area contributed by atoms with E-state index < -0.39 is 0 Å². The lowest BCUT2D eigenvalue weighted by molar-refractivity contribution is 0.0486. The van der Waals surface area contributed by atoms with Gasteiger partial charge in [0.1, 0.15) is 0 Å². The lowest BCUT2D eigenvalue weighted by Crippen LogP contribution is -2.47. The number of aromatic nitrogens is 2. The van der Waals surface area contributed by atoms with E-state index in [9.17, 15) is 4.79 Å². The monoisotopic (exact) mass is 468 g/mol. The number of carbonyl (C=O) groups excluding carboxylic acids is 1. The van der Waals surface area contributed by atoms with Crippen molar-refractivity contribution < 1.29 is 9.53 Å². The molecule has 5 rings (SSSR count). The van der Waals surface area contributed by atoms with Crippen LogP contribution in [0.1, 0.15) is 53.5 Å². The van der Waals surface area contributed by atoms with Gasteiger partial charge in [-0.2, -0.15) is 16.9 Å². The second-order valence-corrected chi connectivity index (χ2v) is 10.8. The van der Waals surface area contributed by atoms with Crippen LogP contribution in [0.15, 0.2) is 30.3 Å². The summed E-state index contributed by atoms with van der Waals surface area (Å²) in [6, 6.07) is 11.3. The van der Waals surface area contributed by atoms with E-state index in [1.807, 2.05) is 16.7 Å². The van der Waals surface area contributed by atoms with E-state index in [-0.39, 0.29) is 11.3 Å². The number of thioether (sulfide) groups is 1. The maximum absolute atomic E-state index is 13.4. The van der Waals surface area contributed by atoms with Crippen LogP contribution in [-0.4, -0.2) is 71.0 Å². The van der Waals surface area contributed by atoms with Crippen molar-refractivity contribution in [3.05, 3.63) is 52.8 Å². The van der Waals surface area contributed by atoms with E-state index in [1.54, 1.807) is 0 Å². The topological polar surface area (TPSA) is 59.4 Å². The zero-order valence-corrected chi connectivity index (χ0v) is 20.5. The highest BCUT2D eigenvalue weighted by atomic mass is 32.2. The third-order valence-electron chi connectivity index (χ3n) is 7.71. The quantitative estimate of drug-likeness (QED) is 0.705. The highest BCUT2D eigenvalue weighted by Gasteiger charge is 2.36. The van der Waals surface area contributed by atoms with Crippen LogP contribution in [0.3, 0.4) is 0 Å². The molecule has 2 aliphatic heterocycles. The number of ether oxygens (including phenoxy) is 1. The molecule has 3 aliphatic rings. The van der Waals surface area contributed by atoms with Crippen LogP contribution < -0.4 is 5.32 Å². The van der Waals surface area contributed by atoms with Crippen LogP contribution in [0.25, 0.3) is 0 Å². The van der Waals surface area contributed by atoms with Crippen LogP contribution in [-0.2, 0) is 29.5 Å². The molecule has 33 heavy (non-hydrogen) atoms. The first-order chi connectivity index (χ1) is 16.2.